The van der Waals surface area contributed by atoms with Gasteiger partial charge in [-0.25, -0.2) is 15.0 Å². The quantitative estimate of drug-likeness (QED) is 0.167. The third kappa shape index (κ3) is 5.57. The summed E-state index contributed by atoms with van der Waals surface area (Å²) in [5, 5.41) is 2.37. The zero-order chi connectivity index (χ0) is 43.3. The molecule has 0 radical (unpaired) electrons. The molecule has 0 saturated heterocycles. The second-order valence-corrected chi connectivity index (χ2v) is 18.9. The molecule has 11 aromatic rings. The Morgan fingerprint density at radius 1 is 0.354 bits per heavy atom. The topological polar surface area (TPSA) is 38.7 Å². The molecular formula is C61H41N3S. The van der Waals surface area contributed by atoms with Gasteiger partial charge in [0.15, 0.2) is 17.5 Å². The molecule has 0 fully saturated rings. The van der Waals surface area contributed by atoms with Crippen LogP contribution in [0.3, 0.4) is 0 Å². The average molecular weight is 848 g/mol. The van der Waals surface area contributed by atoms with Crippen LogP contribution >= 0.6 is 11.3 Å². The molecular weight excluding hydrogens is 807 g/mol. The minimum Gasteiger partial charge on any atom is -0.208 e. The van der Waals surface area contributed by atoms with Crippen LogP contribution in [-0.2, 0) is 10.8 Å². The summed E-state index contributed by atoms with van der Waals surface area (Å²) < 4.78 is 2.44. The first kappa shape index (κ1) is 37.7. The fraction of sp³-hybridized carbons (Fsp3) is 0.0656. The molecule has 3 nitrogen and oxygen atoms in total. The van der Waals surface area contributed by atoms with Gasteiger partial charge in [-0.15, -0.1) is 11.3 Å². The molecule has 0 unspecified atom stereocenters. The molecule has 306 valence electrons. The maximum Gasteiger partial charge on any atom is 0.164 e. The number of fused-ring (bicyclic) bond motifs is 9. The largest absolute Gasteiger partial charge is 0.208 e. The molecule has 2 aliphatic carbocycles. The molecule has 2 aliphatic rings. The first-order chi connectivity index (χ1) is 32.0. The van der Waals surface area contributed by atoms with Crippen molar-refractivity contribution in [3.05, 3.63) is 246 Å². The van der Waals surface area contributed by atoms with Crippen molar-refractivity contribution in [1.29, 1.82) is 0 Å². The van der Waals surface area contributed by atoms with Crippen LogP contribution in [-0.4, -0.2) is 15.0 Å². The number of hydrogen-bond donors (Lipinski definition) is 0. The van der Waals surface area contributed by atoms with Gasteiger partial charge >= 0.3 is 0 Å². The van der Waals surface area contributed by atoms with Gasteiger partial charge < -0.3 is 0 Å². The van der Waals surface area contributed by atoms with Crippen LogP contribution in [0.4, 0.5) is 0 Å². The van der Waals surface area contributed by atoms with Gasteiger partial charge in [0.2, 0.25) is 0 Å². The molecule has 9 aromatic carbocycles. The Morgan fingerprint density at radius 2 is 0.892 bits per heavy atom. The van der Waals surface area contributed by atoms with Crippen LogP contribution in [0.1, 0.15) is 47.2 Å². The molecule has 0 N–H and O–H groups in total. The summed E-state index contributed by atoms with van der Waals surface area (Å²) in [6, 6.07) is 77.1. The molecule has 0 spiro atoms. The monoisotopic (exact) mass is 847 g/mol. The van der Waals surface area contributed by atoms with Crippen molar-refractivity contribution in [1.82, 2.24) is 15.0 Å². The summed E-state index contributed by atoms with van der Waals surface area (Å²) in [7, 11) is 0. The van der Waals surface area contributed by atoms with E-state index >= 15 is 0 Å². The number of benzene rings is 9. The minimum absolute atomic E-state index is 0.0745. The van der Waals surface area contributed by atoms with Crippen LogP contribution in [0.15, 0.2) is 212 Å². The van der Waals surface area contributed by atoms with Crippen LogP contribution in [0, 0.1) is 0 Å². The van der Waals surface area contributed by atoms with Gasteiger partial charge in [0.1, 0.15) is 0 Å². The number of aromatic nitrogens is 3. The second-order valence-electron chi connectivity index (χ2n) is 17.9. The lowest BCUT2D eigenvalue weighted by Crippen LogP contribution is -2.28. The van der Waals surface area contributed by atoms with Crippen molar-refractivity contribution in [2.75, 3.05) is 0 Å². The van der Waals surface area contributed by atoms with E-state index in [2.05, 4.69) is 208 Å². The Morgan fingerprint density at radius 3 is 1.65 bits per heavy atom. The van der Waals surface area contributed by atoms with E-state index in [-0.39, 0.29) is 5.41 Å². The highest BCUT2D eigenvalue weighted by atomic mass is 32.1. The van der Waals surface area contributed by atoms with Crippen LogP contribution in [0.25, 0.3) is 87.7 Å². The highest BCUT2D eigenvalue weighted by Crippen LogP contribution is 2.57. The van der Waals surface area contributed by atoms with Crippen molar-refractivity contribution >= 4 is 31.5 Å². The van der Waals surface area contributed by atoms with Crippen LogP contribution < -0.4 is 0 Å². The summed E-state index contributed by atoms with van der Waals surface area (Å²) in [4.78, 5) is 16.0. The molecule has 13 rings (SSSR count). The highest BCUT2D eigenvalue weighted by Gasteiger charge is 2.46. The first-order valence-corrected chi connectivity index (χ1v) is 23.2. The van der Waals surface area contributed by atoms with Crippen molar-refractivity contribution in [2.45, 2.75) is 24.7 Å². The number of hydrogen-bond acceptors (Lipinski definition) is 4. The van der Waals surface area contributed by atoms with E-state index in [1.54, 1.807) is 0 Å². The predicted octanol–water partition coefficient (Wildman–Crippen LogP) is 15.6. The summed E-state index contributed by atoms with van der Waals surface area (Å²) in [6.07, 6.45) is 0. The van der Waals surface area contributed by atoms with E-state index in [0.717, 1.165) is 22.1 Å². The number of thiophene rings is 1. The maximum atomic E-state index is 5.44. The van der Waals surface area contributed by atoms with Crippen LogP contribution in [0.2, 0.25) is 0 Å². The standard InChI is InChI=1S/C61H41N3S/c1-60(2)49-29-12-11-26-46(49)55-43(27-16-32-52(55)60)39-34-35-53-48(37-39)56-47(28-17-33-54(56)65-53)59-63-57(38-18-5-3-6-19-38)62-58(64-59)40-20-15-23-42(36-40)61(41-21-7-4-8-22-41)50-30-13-9-24-44(50)45-25-10-14-31-51(45)61/h3-37H,1-2H3. The summed E-state index contributed by atoms with van der Waals surface area (Å²) in [5.41, 5.74) is 17.6. The van der Waals surface area contributed by atoms with Crippen molar-refractivity contribution in [3.8, 4) is 67.5 Å². The maximum absolute atomic E-state index is 5.44. The molecule has 4 heteroatoms. The lowest BCUT2D eigenvalue weighted by atomic mass is 9.67. The van der Waals surface area contributed by atoms with E-state index in [9.17, 15) is 0 Å². The summed E-state index contributed by atoms with van der Waals surface area (Å²) in [5.74, 6) is 1.93. The van der Waals surface area contributed by atoms with Crippen molar-refractivity contribution < 1.29 is 0 Å². The third-order valence-electron chi connectivity index (χ3n) is 14.0. The Hall–Kier alpha value is -7.79. The SMILES string of the molecule is CC1(C)c2ccccc2-c2c(-c3ccc4sc5cccc(-c6nc(-c7ccccc7)nc(-c7cccc(C8(c9ccccc9)c9ccccc9-c9ccccc98)c7)n6)c5c4c3)cccc21. The molecule has 65 heavy (non-hydrogen) atoms. The molecule has 2 heterocycles. The van der Waals surface area contributed by atoms with Crippen LogP contribution in [0.5, 0.6) is 0 Å². The summed E-state index contributed by atoms with van der Waals surface area (Å²) in [6.45, 7) is 4.70. The van der Waals surface area contributed by atoms with Gasteiger partial charge in [0, 0.05) is 42.3 Å². The first-order valence-electron chi connectivity index (χ1n) is 22.4. The average Bonchev–Trinajstić information content (AvgIpc) is 3.98. The van der Waals surface area contributed by atoms with E-state index in [1.165, 1.54) is 81.5 Å². The molecule has 0 aliphatic heterocycles. The molecule has 0 saturated carbocycles. The van der Waals surface area contributed by atoms with Crippen molar-refractivity contribution in [2.24, 2.45) is 0 Å². The number of rotatable bonds is 6. The minimum atomic E-state index is -0.543. The lowest BCUT2D eigenvalue weighted by molar-refractivity contribution is 0.660. The normalized spacial score (nSPS) is 13.9. The zero-order valence-corrected chi connectivity index (χ0v) is 36.8. The fourth-order valence-corrected chi connectivity index (χ4v) is 12.2. The highest BCUT2D eigenvalue weighted by molar-refractivity contribution is 7.26. The van der Waals surface area contributed by atoms with Gasteiger partial charge in [-0.3, -0.25) is 0 Å². The predicted molar refractivity (Wildman–Crippen MR) is 269 cm³/mol. The van der Waals surface area contributed by atoms with E-state index in [0.29, 0.717) is 17.5 Å². The Balaban J connectivity index is 1.01. The molecule has 2 aromatic heterocycles. The van der Waals surface area contributed by atoms with E-state index < -0.39 is 5.41 Å². The zero-order valence-electron chi connectivity index (χ0n) is 36.0. The summed E-state index contributed by atoms with van der Waals surface area (Å²) >= 11 is 1.82. The molecule has 0 amide bonds. The Labute approximate surface area is 382 Å². The Bertz CT molecular complexity index is 3650. The smallest absolute Gasteiger partial charge is 0.164 e. The van der Waals surface area contributed by atoms with Gasteiger partial charge in [0.05, 0.1) is 5.41 Å². The molecule has 0 bridgehead atoms. The fourth-order valence-electron chi connectivity index (χ4n) is 11.1. The van der Waals surface area contributed by atoms with Gasteiger partial charge in [-0.1, -0.05) is 202 Å². The van der Waals surface area contributed by atoms with E-state index in [4.69, 9.17) is 15.0 Å². The van der Waals surface area contributed by atoms with Gasteiger partial charge in [-0.2, -0.15) is 0 Å². The molecule has 0 atom stereocenters. The van der Waals surface area contributed by atoms with Crippen molar-refractivity contribution in [3.63, 3.8) is 0 Å². The number of nitrogens with zero attached hydrogens (tertiary/aromatic N) is 3. The van der Waals surface area contributed by atoms with Gasteiger partial charge in [-0.05, 0) is 91.0 Å². The lowest BCUT2D eigenvalue weighted by Gasteiger charge is -2.34. The Kier molecular flexibility index (Phi) is 8.34. The third-order valence-corrected chi connectivity index (χ3v) is 15.2. The second kappa shape index (κ2) is 14.4. The van der Waals surface area contributed by atoms with Gasteiger partial charge in [0.25, 0.3) is 0 Å². The van der Waals surface area contributed by atoms with E-state index in [1.807, 2.05) is 29.5 Å².